The first-order chi connectivity index (χ1) is 15.9. The van der Waals surface area contributed by atoms with E-state index >= 15 is 0 Å². The largest absolute Gasteiger partial charge is 0.546 e. The zero-order valence-electron chi connectivity index (χ0n) is 22.0. The van der Waals surface area contributed by atoms with E-state index in [9.17, 15) is 39.6 Å². The lowest BCUT2D eigenvalue weighted by Crippen LogP contribution is -2.75. The molecule has 0 spiro atoms. The molecule has 0 rings (SSSR count). The van der Waals surface area contributed by atoms with Gasteiger partial charge in [0.2, 0.25) is 11.2 Å². The molecule has 14 heteroatoms. The maximum Gasteiger partial charge on any atom is 0.203 e. The van der Waals surface area contributed by atoms with E-state index in [0.29, 0.717) is 35.9 Å². The van der Waals surface area contributed by atoms with Crippen LogP contribution in [-0.4, -0.2) is 132 Å². The van der Waals surface area contributed by atoms with E-state index in [1.165, 1.54) is 0 Å². The van der Waals surface area contributed by atoms with Gasteiger partial charge in [-0.3, -0.25) is 9.59 Å². The van der Waals surface area contributed by atoms with Crippen molar-refractivity contribution in [1.29, 1.82) is 10.5 Å². The first-order valence-electron chi connectivity index (χ1n) is 10.5. The molecule has 0 aromatic carbocycles. The number of aliphatic carboxylic acids is 2. The molecule has 0 aromatic rings. The molecule has 4 N–H and O–H groups in total. The van der Waals surface area contributed by atoms with Gasteiger partial charge in [-0.25, -0.2) is 0 Å². The average molecular weight is 519 g/mol. The summed E-state index contributed by atoms with van der Waals surface area (Å²) in [7, 11) is 11.9. The summed E-state index contributed by atoms with van der Waals surface area (Å²) in [5.41, 5.74) is -7.78. The van der Waals surface area contributed by atoms with Gasteiger partial charge in [0.05, 0.1) is 79.2 Å². The average Bonchev–Trinajstić information content (AvgIpc) is 2.64. The van der Waals surface area contributed by atoms with Crippen molar-refractivity contribution in [3.8, 4) is 12.1 Å². The number of quaternary nitrogens is 2. The normalized spacial score (nSPS) is 15.9. The fraction of sp³-hybridized carbons (Fsp3) is 0.727. The van der Waals surface area contributed by atoms with E-state index in [0.717, 1.165) is 0 Å². The summed E-state index contributed by atoms with van der Waals surface area (Å²) in [6, 6.07) is 3.86. The molecule has 0 aromatic heterocycles. The minimum absolute atomic E-state index is 0.232. The Labute approximate surface area is 211 Å². The molecule has 4 atom stereocenters. The first kappa shape index (κ1) is 37.6. The van der Waals surface area contributed by atoms with Crippen molar-refractivity contribution in [3.63, 3.8) is 0 Å². The second-order valence-corrected chi connectivity index (χ2v) is 10.1. The highest BCUT2D eigenvalue weighted by Gasteiger charge is 2.59. The highest BCUT2D eigenvalue weighted by molar-refractivity contribution is 6.19. The molecule has 0 saturated heterocycles. The van der Waals surface area contributed by atoms with Gasteiger partial charge in [-0.1, -0.05) is 0 Å². The third-order valence-corrected chi connectivity index (χ3v) is 4.30. The monoisotopic (exact) mass is 518 g/mol. The number of rotatable bonds is 11. The number of carbonyl (C=O) groups excluding carboxylic acids is 4. The van der Waals surface area contributed by atoms with E-state index in [4.69, 9.17) is 20.7 Å². The van der Waals surface area contributed by atoms with Gasteiger partial charge >= 0.3 is 0 Å². The van der Waals surface area contributed by atoms with Crippen LogP contribution in [-0.2, 0) is 19.2 Å². The van der Waals surface area contributed by atoms with Crippen molar-refractivity contribution in [2.24, 2.45) is 0 Å². The number of carboxylic acids is 2. The molecule has 36 heavy (non-hydrogen) atoms. The van der Waals surface area contributed by atoms with Crippen molar-refractivity contribution in [2.45, 2.75) is 50.1 Å². The highest BCUT2D eigenvalue weighted by atomic mass is 16.5. The second-order valence-electron chi connectivity index (χ2n) is 10.1. The molecule has 206 valence electrons. The van der Waals surface area contributed by atoms with Gasteiger partial charge in [0.1, 0.15) is 25.3 Å². The molecule has 0 aliphatic rings. The van der Waals surface area contributed by atoms with Crippen LogP contribution in [0.1, 0.15) is 26.7 Å². The third-order valence-electron chi connectivity index (χ3n) is 4.30. The van der Waals surface area contributed by atoms with Crippen LogP contribution in [0.4, 0.5) is 0 Å². The van der Waals surface area contributed by atoms with Gasteiger partial charge in [-0.05, 0) is 13.8 Å². The Bertz CT molecular complexity index is 749. The van der Waals surface area contributed by atoms with Crippen LogP contribution < -0.4 is 10.2 Å². The molecule has 0 fully saturated rings. The Kier molecular flexibility index (Phi) is 15.9. The van der Waals surface area contributed by atoms with Gasteiger partial charge in [0.25, 0.3) is 0 Å². The molecule has 0 aliphatic heterocycles. The number of likely N-dealkylation sites (N-methyl/N-ethyl adjacent to an activating group) is 2. The van der Waals surface area contributed by atoms with Crippen molar-refractivity contribution in [2.75, 3.05) is 55.4 Å². The number of nitriles is 2. The molecular weight excluding hydrogens is 480 g/mol. The summed E-state index contributed by atoms with van der Waals surface area (Å²) in [5, 5.41) is 74.4. The smallest absolute Gasteiger partial charge is 0.203 e. The molecule has 0 radical (unpaired) electrons. The van der Waals surface area contributed by atoms with Crippen LogP contribution in [0.3, 0.4) is 0 Å². The lowest BCUT2D eigenvalue weighted by atomic mass is 9.77. The maximum atomic E-state index is 10.9. The highest BCUT2D eigenvalue weighted by Crippen LogP contribution is 2.24. The van der Waals surface area contributed by atoms with Crippen LogP contribution >= 0.6 is 0 Å². The zero-order chi connectivity index (χ0) is 29.7. The van der Waals surface area contributed by atoms with E-state index in [-0.39, 0.29) is 12.8 Å². The Morgan fingerprint density at radius 3 is 1.06 bits per heavy atom. The number of carboxylic acid groups (broad SMARTS) is 2. The topological polar surface area (TPSA) is 243 Å². The number of hydrogen-bond acceptors (Lipinski definition) is 12. The molecule has 0 saturated carbocycles. The molecule has 0 aliphatic carbocycles. The van der Waals surface area contributed by atoms with Gasteiger partial charge in [0, 0.05) is 0 Å². The number of Topliss-reactive ketones (excluding diaryl/α,β-unsaturated/α-hetero) is 2. The van der Waals surface area contributed by atoms with Crippen molar-refractivity contribution >= 4 is 23.5 Å². The molecule has 4 unspecified atom stereocenters. The summed E-state index contributed by atoms with van der Waals surface area (Å²) in [6.45, 7) is 2.22. The zero-order valence-corrected chi connectivity index (χ0v) is 22.0. The van der Waals surface area contributed by atoms with Crippen LogP contribution in [0.15, 0.2) is 0 Å². The molecule has 14 nitrogen and oxygen atoms in total. The standard InChI is InChI=1S/C8H10O8.2C7H15N2O/c1-3(9)7(15,5(11)12)8(16,4(2)10)6(13)14;2*1-9(2,3)6-7(10)4-5-8/h15-16H,1-2H3,(H,11,12)(H,13,14);2*7,10H,4,6H2,1-3H3/q;2*+1/p-2. The molecular formula is C22H38N4O10. The van der Waals surface area contributed by atoms with Crippen LogP contribution in [0, 0.1) is 22.7 Å². The molecule has 0 heterocycles. The SMILES string of the molecule is CC(=O)C(O)(C(=O)[O-])C(O)(C(C)=O)C(=O)[O-].C[N+](C)(C)CC(O)CC#N.C[N+](C)(C)CC(O)CC#N. The molecule has 0 bridgehead atoms. The number of aliphatic hydroxyl groups excluding tert-OH is 2. The maximum absolute atomic E-state index is 10.9. The van der Waals surface area contributed by atoms with Crippen LogP contribution in [0.5, 0.6) is 0 Å². The number of aliphatic hydroxyl groups is 4. The van der Waals surface area contributed by atoms with E-state index in [1.807, 2.05) is 54.4 Å². The van der Waals surface area contributed by atoms with E-state index in [2.05, 4.69) is 0 Å². The second kappa shape index (κ2) is 15.2. The number of carbonyl (C=O) groups is 4. The van der Waals surface area contributed by atoms with Gasteiger partial charge in [-0.2, -0.15) is 10.5 Å². The summed E-state index contributed by atoms with van der Waals surface area (Å²) in [6.07, 6.45) is -0.500. The fourth-order valence-electron chi connectivity index (χ4n) is 2.70. The van der Waals surface area contributed by atoms with Gasteiger partial charge in [0.15, 0.2) is 11.6 Å². The minimum Gasteiger partial charge on any atom is -0.546 e. The number of ketones is 2. The molecule has 0 amide bonds. The fourth-order valence-corrected chi connectivity index (χ4v) is 2.70. The number of hydrogen-bond donors (Lipinski definition) is 4. The summed E-state index contributed by atoms with van der Waals surface area (Å²) in [4.78, 5) is 42.8. The van der Waals surface area contributed by atoms with Crippen molar-refractivity contribution in [3.05, 3.63) is 0 Å². The van der Waals surface area contributed by atoms with Crippen LogP contribution in [0.2, 0.25) is 0 Å². The Hall–Kier alpha value is -2.98. The Morgan fingerprint density at radius 2 is 0.944 bits per heavy atom. The predicted octanol–water partition coefficient (Wildman–Crippen LogP) is -4.94. The van der Waals surface area contributed by atoms with Gasteiger partial charge in [-0.15, -0.1) is 0 Å². The Balaban J connectivity index is -0.000000476. The van der Waals surface area contributed by atoms with Crippen molar-refractivity contribution < 1.29 is 58.8 Å². The lowest BCUT2D eigenvalue weighted by molar-refractivity contribution is -0.873. The Morgan fingerprint density at radius 1 is 0.722 bits per heavy atom. The quantitative estimate of drug-likeness (QED) is 0.148. The van der Waals surface area contributed by atoms with Crippen LogP contribution in [0.25, 0.3) is 0 Å². The third kappa shape index (κ3) is 13.2. The summed E-state index contributed by atoms with van der Waals surface area (Å²) >= 11 is 0. The lowest BCUT2D eigenvalue weighted by Gasteiger charge is -2.40. The summed E-state index contributed by atoms with van der Waals surface area (Å²) in [5.74, 6) is -8.56. The summed E-state index contributed by atoms with van der Waals surface area (Å²) < 4.78 is 1.39. The van der Waals surface area contributed by atoms with Crippen molar-refractivity contribution in [1.82, 2.24) is 0 Å². The first-order valence-corrected chi connectivity index (χ1v) is 10.5. The predicted molar refractivity (Wildman–Crippen MR) is 120 cm³/mol. The van der Waals surface area contributed by atoms with E-state index < -0.39 is 46.9 Å². The van der Waals surface area contributed by atoms with E-state index in [1.54, 1.807) is 0 Å². The van der Waals surface area contributed by atoms with Gasteiger partial charge < -0.3 is 49.2 Å². The minimum atomic E-state index is -3.89. The number of nitrogens with zero attached hydrogens (tertiary/aromatic N) is 4.